The van der Waals surface area contributed by atoms with Crippen molar-refractivity contribution >= 4 is 0 Å². The molecule has 0 saturated heterocycles. The molecule has 1 aromatic carbocycles. The van der Waals surface area contributed by atoms with Crippen molar-refractivity contribution in [2.24, 2.45) is 11.7 Å². The summed E-state index contributed by atoms with van der Waals surface area (Å²) < 4.78 is 6.12. The van der Waals surface area contributed by atoms with Gasteiger partial charge in [0.15, 0.2) is 0 Å². The van der Waals surface area contributed by atoms with Gasteiger partial charge in [-0.25, -0.2) is 0 Å². The van der Waals surface area contributed by atoms with E-state index in [0.717, 1.165) is 24.5 Å². The van der Waals surface area contributed by atoms with Crippen molar-refractivity contribution in [1.82, 2.24) is 0 Å². The highest BCUT2D eigenvalue weighted by Crippen LogP contribution is 2.28. The second-order valence-corrected chi connectivity index (χ2v) is 5.51. The Morgan fingerprint density at radius 3 is 2.76 bits per heavy atom. The molecule has 2 N–H and O–H groups in total. The smallest absolute Gasteiger partial charge is 0.122 e. The van der Waals surface area contributed by atoms with Gasteiger partial charge in [0.2, 0.25) is 0 Å². The fraction of sp³-hybridized carbons (Fsp3) is 0.600. The Bertz CT molecular complexity index is 389. The second kappa shape index (κ2) is 5.09. The monoisotopic (exact) mass is 233 g/mol. The Kier molecular flexibility index (Phi) is 3.72. The van der Waals surface area contributed by atoms with Crippen LogP contribution in [0.2, 0.25) is 0 Å². The van der Waals surface area contributed by atoms with Crippen LogP contribution in [0, 0.1) is 19.8 Å². The molecule has 17 heavy (non-hydrogen) atoms. The Morgan fingerprint density at radius 2 is 2.00 bits per heavy atom. The summed E-state index contributed by atoms with van der Waals surface area (Å²) in [5.41, 5.74) is 8.59. The van der Waals surface area contributed by atoms with Crippen molar-refractivity contribution in [2.45, 2.75) is 52.2 Å². The standard InChI is InChI=1S/C15H23NO/c1-10-4-6-12(3)14(8-10)17-15-9-11(2)5-7-13(15)16/h4,6,8,11,13,15H,5,7,9,16H2,1-3H3. The molecule has 94 valence electrons. The topological polar surface area (TPSA) is 35.2 Å². The van der Waals surface area contributed by atoms with Crippen LogP contribution in [-0.2, 0) is 0 Å². The minimum absolute atomic E-state index is 0.180. The fourth-order valence-electron chi connectivity index (χ4n) is 2.48. The van der Waals surface area contributed by atoms with Gasteiger partial charge >= 0.3 is 0 Å². The van der Waals surface area contributed by atoms with E-state index in [1.807, 2.05) is 0 Å². The Morgan fingerprint density at radius 1 is 1.24 bits per heavy atom. The third-order valence-corrected chi connectivity index (χ3v) is 3.73. The van der Waals surface area contributed by atoms with Crippen LogP contribution in [0.5, 0.6) is 5.75 Å². The maximum atomic E-state index is 6.15. The molecule has 2 rings (SSSR count). The normalized spacial score (nSPS) is 29.1. The fourth-order valence-corrected chi connectivity index (χ4v) is 2.48. The first-order valence-corrected chi connectivity index (χ1v) is 6.55. The summed E-state index contributed by atoms with van der Waals surface area (Å²) in [5.74, 6) is 1.73. The largest absolute Gasteiger partial charge is 0.489 e. The molecule has 3 atom stereocenters. The third-order valence-electron chi connectivity index (χ3n) is 3.73. The average Bonchev–Trinajstić information content (AvgIpc) is 2.28. The number of nitrogens with two attached hydrogens (primary N) is 1. The quantitative estimate of drug-likeness (QED) is 0.851. The number of aryl methyl sites for hydroxylation is 2. The van der Waals surface area contributed by atoms with E-state index >= 15 is 0 Å². The van der Waals surface area contributed by atoms with Crippen LogP contribution in [0.15, 0.2) is 18.2 Å². The van der Waals surface area contributed by atoms with Crippen molar-refractivity contribution in [3.8, 4) is 5.75 Å². The van der Waals surface area contributed by atoms with Crippen molar-refractivity contribution in [1.29, 1.82) is 0 Å². The van der Waals surface area contributed by atoms with Crippen LogP contribution in [0.4, 0.5) is 0 Å². The molecule has 3 unspecified atom stereocenters. The molecular formula is C15H23NO. The molecule has 0 heterocycles. The maximum Gasteiger partial charge on any atom is 0.122 e. The van der Waals surface area contributed by atoms with Gasteiger partial charge in [0.05, 0.1) is 0 Å². The van der Waals surface area contributed by atoms with Crippen molar-refractivity contribution in [3.05, 3.63) is 29.3 Å². The van der Waals surface area contributed by atoms with E-state index in [9.17, 15) is 0 Å². The first kappa shape index (κ1) is 12.4. The lowest BCUT2D eigenvalue weighted by atomic mass is 9.85. The minimum Gasteiger partial charge on any atom is -0.489 e. The summed E-state index contributed by atoms with van der Waals surface area (Å²) in [4.78, 5) is 0. The maximum absolute atomic E-state index is 6.15. The molecule has 1 aliphatic rings. The van der Waals surface area contributed by atoms with E-state index in [4.69, 9.17) is 10.5 Å². The van der Waals surface area contributed by atoms with Crippen LogP contribution in [0.3, 0.4) is 0 Å². The predicted octanol–water partition coefficient (Wildman–Crippen LogP) is 3.20. The summed E-state index contributed by atoms with van der Waals surface area (Å²) >= 11 is 0. The summed E-state index contributed by atoms with van der Waals surface area (Å²) in [6, 6.07) is 6.53. The molecule has 0 amide bonds. The molecule has 2 heteroatoms. The summed E-state index contributed by atoms with van der Waals surface area (Å²) in [6.45, 7) is 6.47. The molecule has 1 aliphatic carbocycles. The first-order chi connectivity index (χ1) is 8.06. The van der Waals surface area contributed by atoms with Crippen molar-refractivity contribution in [2.75, 3.05) is 0 Å². The van der Waals surface area contributed by atoms with E-state index in [2.05, 4.69) is 39.0 Å². The zero-order valence-corrected chi connectivity index (χ0v) is 11.1. The minimum atomic E-state index is 0.180. The highest BCUT2D eigenvalue weighted by Gasteiger charge is 2.27. The van der Waals surface area contributed by atoms with Gasteiger partial charge in [-0.05, 0) is 56.2 Å². The lowest BCUT2D eigenvalue weighted by Crippen LogP contribution is -2.43. The van der Waals surface area contributed by atoms with Crippen LogP contribution in [-0.4, -0.2) is 12.1 Å². The van der Waals surface area contributed by atoms with Crippen molar-refractivity contribution < 1.29 is 4.74 Å². The summed E-state index contributed by atoms with van der Waals surface area (Å²) in [7, 11) is 0. The zero-order chi connectivity index (χ0) is 12.4. The molecule has 1 aromatic rings. The Balaban J connectivity index is 2.11. The van der Waals surface area contributed by atoms with Gasteiger partial charge in [-0.1, -0.05) is 19.1 Å². The molecule has 0 aliphatic heterocycles. The van der Waals surface area contributed by atoms with Gasteiger partial charge in [-0.15, -0.1) is 0 Å². The predicted molar refractivity (Wildman–Crippen MR) is 71.3 cm³/mol. The number of rotatable bonds is 2. The molecule has 0 radical (unpaired) electrons. The van der Waals surface area contributed by atoms with Crippen LogP contribution in [0.1, 0.15) is 37.3 Å². The molecule has 1 fully saturated rings. The van der Waals surface area contributed by atoms with Gasteiger partial charge < -0.3 is 10.5 Å². The zero-order valence-electron chi connectivity index (χ0n) is 11.1. The molecule has 0 spiro atoms. The highest BCUT2D eigenvalue weighted by atomic mass is 16.5. The third kappa shape index (κ3) is 3.01. The molecule has 0 aromatic heterocycles. The average molecular weight is 233 g/mol. The lowest BCUT2D eigenvalue weighted by Gasteiger charge is -2.33. The van der Waals surface area contributed by atoms with Crippen LogP contribution in [0.25, 0.3) is 0 Å². The number of benzene rings is 1. The van der Waals surface area contributed by atoms with Gasteiger partial charge in [0.25, 0.3) is 0 Å². The number of hydrogen-bond donors (Lipinski definition) is 1. The van der Waals surface area contributed by atoms with E-state index in [1.165, 1.54) is 17.5 Å². The van der Waals surface area contributed by atoms with Crippen molar-refractivity contribution in [3.63, 3.8) is 0 Å². The lowest BCUT2D eigenvalue weighted by molar-refractivity contribution is 0.107. The van der Waals surface area contributed by atoms with Gasteiger partial charge in [-0.2, -0.15) is 0 Å². The molecule has 1 saturated carbocycles. The van der Waals surface area contributed by atoms with Crippen LogP contribution < -0.4 is 10.5 Å². The molecule has 2 nitrogen and oxygen atoms in total. The summed E-state index contributed by atoms with van der Waals surface area (Å²) in [6.07, 6.45) is 3.57. The van der Waals surface area contributed by atoms with E-state index in [1.54, 1.807) is 0 Å². The molecule has 0 bridgehead atoms. The Labute approximate surface area is 104 Å². The van der Waals surface area contributed by atoms with Gasteiger partial charge in [0.1, 0.15) is 11.9 Å². The van der Waals surface area contributed by atoms with Crippen LogP contribution >= 0.6 is 0 Å². The number of hydrogen-bond acceptors (Lipinski definition) is 2. The Hall–Kier alpha value is -1.02. The highest BCUT2D eigenvalue weighted by molar-refractivity contribution is 5.36. The van der Waals surface area contributed by atoms with Gasteiger partial charge in [0, 0.05) is 6.04 Å². The molecular weight excluding hydrogens is 210 g/mol. The first-order valence-electron chi connectivity index (χ1n) is 6.55. The summed E-state index contributed by atoms with van der Waals surface area (Å²) in [5, 5.41) is 0. The van der Waals surface area contributed by atoms with Gasteiger partial charge in [-0.3, -0.25) is 0 Å². The van der Waals surface area contributed by atoms with E-state index in [-0.39, 0.29) is 12.1 Å². The second-order valence-electron chi connectivity index (χ2n) is 5.51. The SMILES string of the molecule is Cc1ccc(C)c(OC2CC(C)CCC2N)c1. The van der Waals surface area contributed by atoms with E-state index in [0.29, 0.717) is 0 Å². The number of ether oxygens (including phenoxy) is 1. The van der Waals surface area contributed by atoms with E-state index < -0.39 is 0 Å².